The number of nitrogens with zero attached hydrogens (tertiary/aromatic N) is 2. The number of hydrogen-bond acceptors (Lipinski definition) is 4. The summed E-state index contributed by atoms with van der Waals surface area (Å²) in [6, 6.07) is 15.2. The molecule has 2 rings (SSSR count). The number of benzene rings is 2. The van der Waals surface area contributed by atoms with Crippen LogP contribution >= 0.6 is 0 Å². The Bertz CT molecular complexity index is 837. The van der Waals surface area contributed by atoms with Gasteiger partial charge in [-0.15, -0.1) is 0 Å². The average Bonchev–Trinajstić information content (AvgIpc) is 2.66. The molecule has 0 bridgehead atoms. The van der Waals surface area contributed by atoms with Crippen molar-refractivity contribution >= 4 is 12.0 Å². The van der Waals surface area contributed by atoms with Crippen LogP contribution in [0.15, 0.2) is 48.5 Å². The summed E-state index contributed by atoms with van der Waals surface area (Å²) in [6.45, 7) is 2.54. The van der Waals surface area contributed by atoms with Crippen LogP contribution in [-0.2, 0) is 11.3 Å². The smallest absolute Gasteiger partial charge is 0.246 e. The number of aryl methyl sites for hydroxylation is 1. The first-order valence-electron chi connectivity index (χ1n) is 8.20. The minimum Gasteiger partial charge on any atom is -0.493 e. The van der Waals surface area contributed by atoms with Crippen molar-refractivity contribution in [1.82, 2.24) is 4.90 Å². The monoisotopic (exact) mass is 350 g/mol. The van der Waals surface area contributed by atoms with Gasteiger partial charge >= 0.3 is 0 Å². The molecule has 26 heavy (non-hydrogen) atoms. The van der Waals surface area contributed by atoms with Gasteiger partial charge in [-0.1, -0.05) is 30.3 Å². The van der Waals surface area contributed by atoms with Gasteiger partial charge in [-0.3, -0.25) is 4.79 Å². The minimum absolute atomic E-state index is 0.0479. The van der Waals surface area contributed by atoms with Crippen molar-refractivity contribution in [3.63, 3.8) is 0 Å². The van der Waals surface area contributed by atoms with Gasteiger partial charge in [0.25, 0.3) is 0 Å². The lowest BCUT2D eigenvalue weighted by atomic mass is 10.1. The van der Waals surface area contributed by atoms with Crippen molar-refractivity contribution in [1.29, 1.82) is 5.26 Å². The first kappa shape index (κ1) is 19.1. The third kappa shape index (κ3) is 5.12. The fourth-order valence-electron chi connectivity index (χ4n) is 2.43. The summed E-state index contributed by atoms with van der Waals surface area (Å²) in [5.74, 6) is 0.925. The first-order valence-corrected chi connectivity index (χ1v) is 8.20. The molecule has 2 aromatic rings. The maximum absolute atomic E-state index is 12.3. The number of hydrogen-bond donors (Lipinski definition) is 0. The molecule has 0 aromatic heterocycles. The lowest BCUT2D eigenvalue weighted by Gasteiger charge is -2.16. The Kier molecular flexibility index (Phi) is 6.81. The highest BCUT2D eigenvalue weighted by atomic mass is 16.5. The van der Waals surface area contributed by atoms with Gasteiger partial charge in [0.05, 0.1) is 7.11 Å². The van der Waals surface area contributed by atoms with Crippen molar-refractivity contribution in [3.05, 3.63) is 65.2 Å². The van der Waals surface area contributed by atoms with E-state index in [-0.39, 0.29) is 12.5 Å². The van der Waals surface area contributed by atoms with E-state index in [2.05, 4.69) is 0 Å². The maximum Gasteiger partial charge on any atom is 0.246 e. The zero-order valence-electron chi connectivity index (χ0n) is 15.2. The second-order valence-corrected chi connectivity index (χ2v) is 5.81. The number of carbonyl (C=O) groups excluding carboxylic acids is 1. The van der Waals surface area contributed by atoms with E-state index in [4.69, 9.17) is 14.7 Å². The molecule has 0 atom stereocenters. The number of ether oxygens (including phenoxy) is 2. The zero-order valence-corrected chi connectivity index (χ0v) is 15.2. The van der Waals surface area contributed by atoms with Crippen LogP contribution in [0.4, 0.5) is 0 Å². The van der Waals surface area contributed by atoms with Crippen LogP contribution in [0.1, 0.15) is 16.7 Å². The molecule has 0 saturated heterocycles. The van der Waals surface area contributed by atoms with Crippen LogP contribution < -0.4 is 9.47 Å². The molecule has 5 heteroatoms. The molecule has 0 N–H and O–H groups in total. The van der Waals surface area contributed by atoms with Crippen molar-refractivity contribution in [3.8, 4) is 17.6 Å². The maximum atomic E-state index is 12.3. The highest BCUT2D eigenvalue weighted by Crippen LogP contribution is 2.28. The number of amides is 1. The first-order chi connectivity index (χ1) is 12.5. The third-order valence-electron chi connectivity index (χ3n) is 3.94. The van der Waals surface area contributed by atoms with E-state index < -0.39 is 0 Å². The standard InChI is InChI=1S/C21H22N2O3/c1-16-6-4-5-7-18(16)15-23(2)21(24)11-9-17-8-10-19(26-13-12-22)20(14-17)25-3/h4-11,14H,13,15H2,1-3H3/b11-9+. The number of rotatable bonds is 7. The van der Waals surface area contributed by atoms with E-state index in [1.807, 2.05) is 37.3 Å². The van der Waals surface area contributed by atoms with Crippen LogP contribution in [0, 0.1) is 18.3 Å². The highest BCUT2D eigenvalue weighted by molar-refractivity contribution is 5.91. The number of nitriles is 1. The molecule has 0 unspecified atom stereocenters. The molecular formula is C21H22N2O3. The quantitative estimate of drug-likeness (QED) is 0.716. The van der Waals surface area contributed by atoms with Crippen LogP contribution in [0.2, 0.25) is 0 Å². The molecule has 0 spiro atoms. The van der Waals surface area contributed by atoms with Gasteiger partial charge in [-0.25, -0.2) is 0 Å². The summed E-state index contributed by atoms with van der Waals surface area (Å²) in [4.78, 5) is 14.0. The third-order valence-corrected chi connectivity index (χ3v) is 3.94. The Morgan fingerprint density at radius 1 is 1.23 bits per heavy atom. The molecule has 0 aliphatic heterocycles. The lowest BCUT2D eigenvalue weighted by molar-refractivity contribution is -0.125. The van der Waals surface area contributed by atoms with Crippen molar-refractivity contribution < 1.29 is 14.3 Å². The molecule has 0 aliphatic carbocycles. The average molecular weight is 350 g/mol. The fourth-order valence-corrected chi connectivity index (χ4v) is 2.43. The summed E-state index contributed by atoms with van der Waals surface area (Å²) in [6.07, 6.45) is 3.26. The molecule has 1 amide bonds. The van der Waals surface area contributed by atoms with Crippen molar-refractivity contribution in [2.45, 2.75) is 13.5 Å². The second-order valence-electron chi connectivity index (χ2n) is 5.81. The molecule has 5 nitrogen and oxygen atoms in total. The van der Waals surface area contributed by atoms with E-state index in [1.165, 1.54) is 13.2 Å². The summed E-state index contributed by atoms with van der Waals surface area (Å²) in [5, 5.41) is 8.60. The molecule has 0 aliphatic rings. The second kappa shape index (κ2) is 9.28. The summed E-state index contributed by atoms with van der Waals surface area (Å²) < 4.78 is 10.6. The number of methoxy groups -OCH3 is 1. The zero-order chi connectivity index (χ0) is 18.9. The lowest BCUT2D eigenvalue weighted by Crippen LogP contribution is -2.24. The largest absolute Gasteiger partial charge is 0.493 e. The van der Waals surface area contributed by atoms with Gasteiger partial charge in [0.1, 0.15) is 6.07 Å². The van der Waals surface area contributed by atoms with Gasteiger partial charge in [-0.05, 0) is 41.8 Å². The molecule has 2 aromatic carbocycles. The van der Waals surface area contributed by atoms with Gasteiger partial charge < -0.3 is 14.4 Å². The summed E-state index contributed by atoms with van der Waals surface area (Å²) in [5.41, 5.74) is 3.09. The normalized spacial score (nSPS) is 10.4. The van der Waals surface area contributed by atoms with Crippen molar-refractivity contribution in [2.75, 3.05) is 20.8 Å². The van der Waals surface area contributed by atoms with E-state index in [9.17, 15) is 4.79 Å². The Labute approximate surface area is 154 Å². The number of carbonyl (C=O) groups is 1. The predicted octanol–water partition coefficient (Wildman–Crippen LogP) is 3.58. The van der Waals surface area contributed by atoms with Crippen LogP contribution in [0.5, 0.6) is 11.5 Å². The van der Waals surface area contributed by atoms with E-state index in [0.29, 0.717) is 18.0 Å². The summed E-state index contributed by atoms with van der Waals surface area (Å²) >= 11 is 0. The molecule has 0 heterocycles. The fraction of sp³-hybridized carbons (Fsp3) is 0.238. The van der Waals surface area contributed by atoms with Gasteiger partial charge in [0.15, 0.2) is 18.1 Å². The Hall–Kier alpha value is -3.26. The van der Waals surface area contributed by atoms with E-state index in [0.717, 1.165) is 16.7 Å². The molecule has 0 fully saturated rings. The summed E-state index contributed by atoms with van der Waals surface area (Å²) in [7, 11) is 3.31. The highest BCUT2D eigenvalue weighted by Gasteiger charge is 2.08. The topological polar surface area (TPSA) is 62.6 Å². The van der Waals surface area contributed by atoms with E-state index >= 15 is 0 Å². The van der Waals surface area contributed by atoms with Gasteiger partial charge in [0.2, 0.25) is 5.91 Å². The Morgan fingerprint density at radius 3 is 2.69 bits per heavy atom. The molecule has 134 valence electrons. The van der Waals surface area contributed by atoms with Crippen LogP contribution in [-0.4, -0.2) is 31.6 Å². The van der Waals surface area contributed by atoms with Crippen LogP contribution in [0.25, 0.3) is 6.08 Å². The molecular weight excluding hydrogens is 328 g/mol. The van der Waals surface area contributed by atoms with E-state index in [1.54, 1.807) is 36.2 Å². The van der Waals surface area contributed by atoms with Gasteiger partial charge in [-0.2, -0.15) is 5.26 Å². The molecule has 0 saturated carbocycles. The Balaban J connectivity index is 2.05. The van der Waals surface area contributed by atoms with Crippen LogP contribution in [0.3, 0.4) is 0 Å². The number of likely N-dealkylation sites (N-methyl/N-ethyl adjacent to an activating group) is 1. The minimum atomic E-state index is -0.0861. The Morgan fingerprint density at radius 2 is 2.00 bits per heavy atom. The molecule has 0 radical (unpaired) electrons. The SMILES string of the molecule is COc1cc(/C=C/C(=O)N(C)Cc2ccccc2C)ccc1OCC#N. The van der Waals surface area contributed by atoms with Gasteiger partial charge in [0, 0.05) is 19.7 Å². The van der Waals surface area contributed by atoms with Crippen molar-refractivity contribution in [2.24, 2.45) is 0 Å². The predicted molar refractivity (Wildman–Crippen MR) is 101 cm³/mol.